The SMILES string of the molecule is CCCc1c(Cl)ncnc1N(C)CC(=O)N(C)C. The number of likely N-dealkylation sites (N-methyl/N-ethyl adjacent to an activating group) is 2. The average molecular weight is 271 g/mol. The molecule has 0 aliphatic carbocycles. The van der Waals surface area contributed by atoms with E-state index >= 15 is 0 Å². The first-order valence-electron chi connectivity index (χ1n) is 5.88. The standard InChI is InChI=1S/C12H19ClN4O/c1-5-6-9-11(13)14-8-15-12(9)17(4)7-10(18)16(2)3/h8H,5-7H2,1-4H3. The summed E-state index contributed by atoms with van der Waals surface area (Å²) in [6.07, 6.45) is 3.18. The molecule has 0 aliphatic rings. The van der Waals surface area contributed by atoms with Gasteiger partial charge in [0.2, 0.25) is 5.91 Å². The molecule has 1 aromatic heterocycles. The van der Waals surface area contributed by atoms with Gasteiger partial charge in [0.15, 0.2) is 0 Å². The molecule has 0 radical (unpaired) electrons. The van der Waals surface area contributed by atoms with Crippen LogP contribution in [0.4, 0.5) is 5.82 Å². The number of amides is 1. The second-order valence-corrected chi connectivity index (χ2v) is 4.72. The van der Waals surface area contributed by atoms with Gasteiger partial charge in [0.25, 0.3) is 0 Å². The zero-order valence-corrected chi connectivity index (χ0v) is 12.0. The van der Waals surface area contributed by atoms with Crippen molar-refractivity contribution in [3.8, 4) is 0 Å². The summed E-state index contributed by atoms with van der Waals surface area (Å²) in [5, 5.41) is 0.464. The maximum atomic E-state index is 11.7. The molecule has 6 heteroatoms. The fourth-order valence-electron chi connectivity index (χ4n) is 1.60. The van der Waals surface area contributed by atoms with Crippen LogP contribution in [0.25, 0.3) is 0 Å². The van der Waals surface area contributed by atoms with Crippen molar-refractivity contribution in [1.29, 1.82) is 0 Å². The first-order chi connectivity index (χ1) is 8.47. The van der Waals surface area contributed by atoms with Gasteiger partial charge in [-0.25, -0.2) is 9.97 Å². The zero-order chi connectivity index (χ0) is 13.7. The van der Waals surface area contributed by atoms with E-state index in [9.17, 15) is 4.79 Å². The number of halogens is 1. The summed E-state index contributed by atoms with van der Waals surface area (Å²) in [4.78, 5) is 23.3. The third-order valence-corrected chi connectivity index (χ3v) is 2.93. The fraction of sp³-hybridized carbons (Fsp3) is 0.583. The second kappa shape index (κ2) is 6.54. The van der Waals surface area contributed by atoms with Crippen LogP contribution in [0.2, 0.25) is 5.15 Å². The normalized spacial score (nSPS) is 10.3. The Balaban J connectivity index is 2.94. The largest absolute Gasteiger partial charge is 0.350 e. The van der Waals surface area contributed by atoms with Crippen molar-refractivity contribution < 1.29 is 4.79 Å². The van der Waals surface area contributed by atoms with Crippen molar-refractivity contribution >= 4 is 23.3 Å². The summed E-state index contributed by atoms with van der Waals surface area (Å²) in [5.41, 5.74) is 0.899. The average Bonchev–Trinajstić information content (AvgIpc) is 2.31. The Hall–Kier alpha value is -1.36. The Kier molecular flexibility index (Phi) is 5.34. The van der Waals surface area contributed by atoms with Crippen LogP contribution in [0.15, 0.2) is 6.33 Å². The van der Waals surface area contributed by atoms with Crippen LogP contribution in [0.3, 0.4) is 0 Å². The molecule has 0 saturated carbocycles. The summed E-state index contributed by atoms with van der Waals surface area (Å²) < 4.78 is 0. The molecular weight excluding hydrogens is 252 g/mol. The van der Waals surface area contributed by atoms with E-state index in [0.717, 1.165) is 24.2 Å². The number of nitrogens with zero attached hydrogens (tertiary/aromatic N) is 4. The number of hydrogen-bond acceptors (Lipinski definition) is 4. The Morgan fingerprint density at radius 3 is 2.56 bits per heavy atom. The number of rotatable bonds is 5. The maximum Gasteiger partial charge on any atom is 0.241 e. The summed E-state index contributed by atoms with van der Waals surface area (Å²) >= 11 is 6.08. The Labute approximate surface area is 113 Å². The number of aromatic nitrogens is 2. The first kappa shape index (κ1) is 14.7. The van der Waals surface area contributed by atoms with Crippen molar-refractivity contribution in [1.82, 2.24) is 14.9 Å². The third kappa shape index (κ3) is 3.57. The second-order valence-electron chi connectivity index (χ2n) is 4.36. The van der Waals surface area contributed by atoms with Gasteiger partial charge in [-0.15, -0.1) is 0 Å². The molecule has 0 atom stereocenters. The van der Waals surface area contributed by atoms with E-state index in [2.05, 4.69) is 16.9 Å². The van der Waals surface area contributed by atoms with E-state index in [-0.39, 0.29) is 12.5 Å². The number of anilines is 1. The number of carbonyl (C=O) groups excluding carboxylic acids is 1. The smallest absolute Gasteiger partial charge is 0.241 e. The Bertz CT molecular complexity index is 423. The van der Waals surface area contributed by atoms with E-state index in [1.165, 1.54) is 6.33 Å². The van der Waals surface area contributed by atoms with E-state index in [1.54, 1.807) is 23.9 Å². The van der Waals surface area contributed by atoms with Crippen LogP contribution < -0.4 is 4.90 Å². The molecule has 5 nitrogen and oxygen atoms in total. The van der Waals surface area contributed by atoms with E-state index < -0.39 is 0 Å². The molecule has 0 saturated heterocycles. The highest BCUT2D eigenvalue weighted by molar-refractivity contribution is 6.30. The Morgan fingerprint density at radius 1 is 1.33 bits per heavy atom. The number of hydrogen-bond donors (Lipinski definition) is 0. The molecule has 0 aliphatic heterocycles. The highest BCUT2D eigenvalue weighted by Gasteiger charge is 2.16. The molecule has 0 bridgehead atoms. The summed E-state index contributed by atoms with van der Waals surface area (Å²) in [6, 6.07) is 0. The third-order valence-electron chi connectivity index (χ3n) is 2.60. The van der Waals surface area contributed by atoms with E-state index in [0.29, 0.717) is 5.15 Å². The molecule has 0 aromatic carbocycles. The minimum Gasteiger partial charge on any atom is -0.350 e. The quantitative estimate of drug-likeness (QED) is 0.763. The minimum atomic E-state index is 0.0229. The highest BCUT2D eigenvalue weighted by Crippen LogP contribution is 2.23. The predicted molar refractivity (Wildman–Crippen MR) is 73.0 cm³/mol. The molecule has 1 aromatic rings. The van der Waals surface area contributed by atoms with Crippen LogP contribution in [0.1, 0.15) is 18.9 Å². The van der Waals surface area contributed by atoms with Crippen LogP contribution in [-0.2, 0) is 11.2 Å². The van der Waals surface area contributed by atoms with Crippen molar-refractivity contribution in [3.05, 3.63) is 17.0 Å². The molecular formula is C12H19ClN4O. The lowest BCUT2D eigenvalue weighted by atomic mass is 10.2. The van der Waals surface area contributed by atoms with Crippen LogP contribution in [-0.4, -0.2) is 48.5 Å². The lowest BCUT2D eigenvalue weighted by Crippen LogP contribution is -2.35. The summed E-state index contributed by atoms with van der Waals surface area (Å²) in [5.74, 6) is 0.752. The van der Waals surface area contributed by atoms with Crippen LogP contribution in [0, 0.1) is 0 Å². The van der Waals surface area contributed by atoms with Crippen molar-refractivity contribution in [2.24, 2.45) is 0 Å². The molecule has 1 amide bonds. The van der Waals surface area contributed by atoms with E-state index in [4.69, 9.17) is 11.6 Å². The van der Waals surface area contributed by atoms with Gasteiger partial charge >= 0.3 is 0 Å². The molecule has 18 heavy (non-hydrogen) atoms. The van der Waals surface area contributed by atoms with Gasteiger partial charge in [0.1, 0.15) is 17.3 Å². The summed E-state index contributed by atoms with van der Waals surface area (Å²) in [7, 11) is 5.30. The molecule has 0 spiro atoms. The van der Waals surface area contributed by atoms with Gasteiger partial charge in [0, 0.05) is 26.7 Å². The lowest BCUT2D eigenvalue weighted by molar-refractivity contribution is -0.127. The Morgan fingerprint density at radius 2 is 2.00 bits per heavy atom. The van der Waals surface area contributed by atoms with Crippen LogP contribution in [0.5, 0.6) is 0 Å². The maximum absolute atomic E-state index is 11.7. The molecule has 1 heterocycles. The van der Waals surface area contributed by atoms with Gasteiger partial charge < -0.3 is 9.80 Å². The molecule has 0 unspecified atom stereocenters. The summed E-state index contributed by atoms with van der Waals surface area (Å²) in [6.45, 7) is 2.34. The van der Waals surface area contributed by atoms with Gasteiger partial charge in [-0.1, -0.05) is 24.9 Å². The van der Waals surface area contributed by atoms with Gasteiger partial charge in [0.05, 0.1) is 6.54 Å². The monoisotopic (exact) mass is 270 g/mol. The highest BCUT2D eigenvalue weighted by atomic mass is 35.5. The molecule has 0 N–H and O–H groups in total. The number of carbonyl (C=O) groups is 1. The van der Waals surface area contributed by atoms with E-state index in [1.807, 2.05) is 7.05 Å². The van der Waals surface area contributed by atoms with Crippen LogP contribution >= 0.6 is 11.6 Å². The minimum absolute atomic E-state index is 0.0229. The fourth-order valence-corrected chi connectivity index (χ4v) is 1.82. The molecule has 1 rings (SSSR count). The lowest BCUT2D eigenvalue weighted by Gasteiger charge is -2.22. The predicted octanol–water partition coefficient (Wildman–Crippen LogP) is 1.61. The van der Waals surface area contributed by atoms with Gasteiger partial charge in [-0.05, 0) is 6.42 Å². The van der Waals surface area contributed by atoms with Crippen molar-refractivity contribution in [2.45, 2.75) is 19.8 Å². The molecule has 100 valence electrons. The molecule has 0 fully saturated rings. The van der Waals surface area contributed by atoms with Gasteiger partial charge in [-0.2, -0.15) is 0 Å². The topological polar surface area (TPSA) is 49.3 Å². The van der Waals surface area contributed by atoms with Gasteiger partial charge in [-0.3, -0.25) is 4.79 Å². The zero-order valence-electron chi connectivity index (χ0n) is 11.3. The van der Waals surface area contributed by atoms with Crippen molar-refractivity contribution in [3.63, 3.8) is 0 Å². The van der Waals surface area contributed by atoms with Crippen molar-refractivity contribution in [2.75, 3.05) is 32.6 Å². The first-order valence-corrected chi connectivity index (χ1v) is 6.25.